The Morgan fingerprint density at radius 1 is 1.28 bits per heavy atom. The molecule has 1 saturated carbocycles. The summed E-state index contributed by atoms with van der Waals surface area (Å²) < 4.78 is 7.65. The van der Waals surface area contributed by atoms with Crippen LogP contribution in [0.15, 0.2) is 39.5 Å². The van der Waals surface area contributed by atoms with Gasteiger partial charge in [0.15, 0.2) is 11.9 Å². The van der Waals surface area contributed by atoms with Gasteiger partial charge < -0.3 is 10.1 Å². The first-order chi connectivity index (χ1) is 15.4. The van der Waals surface area contributed by atoms with Gasteiger partial charge in [0.1, 0.15) is 0 Å². The molecule has 0 radical (unpaired) electrons. The summed E-state index contributed by atoms with van der Waals surface area (Å²) >= 11 is 5.20. The van der Waals surface area contributed by atoms with Gasteiger partial charge in [-0.15, -0.1) is 10.2 Å². The van der Waals surface area contributed by atoms with Gasteiger partial charge in [0.2, 0.25) is 11.0 Å². The molecule has 1 fully saturated rings. The molecule has 0 unspecified atom stereocenters. The Balaban J connectivity index is 1.54. The van der Waals surface area contributed by atoms with Crippen LogP contribution in [-0.4, -0.2) is 27.2 Å². The van der Waals surface area contributed by atoms with E-state index >= 15 is 0 Å². The monoisotopic (exact) mass is 514 g/mol. The lowest BCUT2D eigenvalue weighted by atomic mass is 9.59. The van der Waals surface area contributed by atoms with E-state index in [1.165, 1.54) is 12.8 Å². The van der Waals surface area contributed by atoms with Gasteiger partial charge >= 0.3 is 0 Å². The molecule has 2 aromatic rings. The highest BCUT2D eigenvalue weighted by Gasteiger charge is 2.45. The van der Waals surface area contributed by atoms with Crippen LogP contribution < -0.4 is 10.1 Å². The van der Waals surface area contributed by atoms with Crippen LogP contribution in [0.1, 0.15) is 53.4 Å². The number of hydrogen-bond donors (Lipinski definition) is 1. The van der Waals surface area contributed by atoms with Gasteiger partial charge in [-0.2, -0.15) is 4.98 Å². The van der Waals surface area contributed by atoms with Crippen molar-refractivity contribution in [3.63, 3.8) is 0 Å². The van der Waals surface area contributed by atoms with E-state index in [-0.39, 0.29) is 6.23 Å². The van der Waals surface area contributed by atoms with Crippen molar-refractivity contribution in [2.24, 2.45) is 23.2 Å². The average Bonchev–Trinajstić information content (AvgIpc) is 2.89. The third-order valence-corrected chi connectivity index (χ3v) is 8.67. The number of anilines is 1. The highest BCUT2D eigenvalue weighted by molar-refractivity contribution is 9.10. The first-order valence-electron chi connectivity index (χ1n) is 11.6. The van der Waals surface area contributed by atoms with Crippen LogP contribution in [0.25, 0.3) is 11.3 Å². The summed E-state index contributed by atoms with van der Waals surface area (Å²) in [4.78, 5) is 4.77. The van der Waals surface area contributed by atoms with E-state index in [1.54, 1.807) is 17.3 Å². The molecule has 1 aliphatic heterocycles. The molecule has 1 N–H and O–H groups in total. The lowest BCUT2D eigenvalue weighted by Crippen LogP contribution is -2.45. The van der Waals surface area contributed by atoms with Gasteiger partial charge in [-0.05, 0) is 66.9 Å². The molecule has 2 heterocycles. The second kappa shape index (κ2) is 8.64. The van der Waals surface area contributed by atoms with Crippen LogP contribution >= 0.6 is 27.7 Å². The second-order valence-electron chi connectivity index (χ2n) is 9.99. The van der Waals surface area contributed by atoms with Gasteiger partial charge in [0.25, 0.3) is 0 Å². The van der Waals surface area contributed by atoms with E-state index in [0.29, 0.717) is 39.9 Å². The zero-order valence-corrected chi connectivity index (χ0v) is 21.6. The molecule has 2 aliphatic carbocycles. The fourth-order valence-electron chi connectivity index (χ4n) is 5.67. The minimum atomic E-state index is -0.151. The number of nitrogens with one attached hydrogen (secondary N) is 1. The normalized spacial score (nSPS) is 28.2. The Bertz CT molecular complexity index is 1060. The van der Waals surface area contributed by atoms with E-state index in [1.807, 2.05) is 0 Å². The maximum absolute atomic E-state index is 6.65. The number of thioether (sulfide) groups is 1. The van der Waals surface area contributed by atoms with Crippen LogP contribution in [0.3, 0.4) is 0 Å². The molecule has 7 heteroatoms. The molecule has 1 aromatic heterocycles. The van der Waals surface area contributed by atoms with Crippen LogP contribution in [0.2, 0.25) is 0 Å². The summed E-state index contributed by atoms with van der Waals surface area (Å²) in [5.74, 6) is 3.01. The number of benzene rings is 1. The van der Waals surface area contributed by atoms with Crippen molar-refractivity contribution in [2.75, 3.05) is 11.1 Å². The molecule has 1 aromatic carbocycles. The van der Waals surface area contributed by atoms with Crippen LogP contribution in [0, 0.1) is 23.2 Å². The number of ether oxygens (including phenoxy) is 1. The Labute approximate surface area is 203 Å². The summed E-state index contributed by atoms with van der Waals surface area (Å²) in [6, 6.07) is 6.24. The van der Waals surface area contributed by atoms with Gasteiger partial charge in [-0.25, -0.2) is 0 Å². The Morgan fingerprint density at radius 3 is 2.94 bits per heavy atom. The fraction of sp³-hybridized carbons (Fsp3) is 0.560. The number of fused-ring (bicyclic) bond motifs is 4. The third-order valence-electron chi connectivity index (χ3n) is 7.45. The Hall–Kier alpha value is -1.60. The molecule has 0 spiro atoms. The number of halogens is 1. The van der Waals surface area contributed by atoms with Crippen LogP contribution in [-0.2, 0) is 0 Å². The minimum absolute atomic E-state index is 0.151. The summed E-state index contributed by atoms with van der Waals surface area (Å²) in [6.45, 7) is 9.34. The molecule has 4 atom stereocenters. The summed E-state index contributed by atoms with van der Waals surface area (Å²) in [5.41, 5.74) is 4.71. The Kier molecular flexibility index (Phi) is 5.99. The zero-order valence-electron chi connectivity index (χ0n) is 19.2. The Morgan fingerprint density at radius 2 is 2.12 bits per heavy atom. The van der Waals surface area contributed by atoms with Crippen molar-refractivity contribution in [1.82, 2.24) is 15.2 Å². The predicted molar refractivity (Wildman–Crippen MR) is 134 cm³/mol. The smallest absolute Gasteiger partial charge is 0.247 e. The first-order valence-corrected chi connectivity index (χ1v) is 13.4. The number of aromatic nitrogens is 3. The standard InChI is InChI=1S/C25H31BrN4OS/c1-5-32-24-28-23-21(29-30-24)18-12-16(26)8-9-20(18)27-22(31-23)17-13-19-15(11-14(17)2)7-6-10-25(19,3)4/h7-9,12,14,17,19,22,27H,5-6,10-11,13H2,1-4H3/t14-,17-,19+,22-/m0/s1. The highest BCUT2D eigenvalue weighted by atomic mass is 79.9. The maximum atomic E-state index is 6.65. The topological polar surface area (TPSA) is 59.9 Å². The highest BCUT2D eigenvalue weighted by Crippen LogP contribution is 2.52. The van der Waals surface area contributed by atoms with E-state index in [2.05, 4.69) is 83.4 Å². The largest absolute Gasteiger partial charge is 0.452 e. The van der Waals surface area contributed by atoms with Crippen molar-refractivity contribution in [3.8, 4) is 17.1 Å². The minimum Gasteiger partial charge on any atom is -0.452 e. The summed E-state index contributed by atoms with van der Waals surface area (Å²) in [7, 11) is 0. The fourth-order valence-corrected chi connectivity index (χ4v) is 6.53. The van der Waals surface area contributed by atoms with Gasteiger partial charge in [0.05, 0.1) is 0 Å². The van der Waals surface area contributed by atoms with Crippen LogP contribution in [0.4, 0.5) is 5.69 Å². The second-order valence-corrected chi connectivity index (χ2v) is 12.1. The lowest BCUT2D eigenvalue weighted by molar-refractivity contribution is 0.0519. The van der Waals surface area contributed by atoms with Crippen molar-refractivity contribution in [2.45, 2.75) is 64.8 Å². The zero-order chi connectivity index (χ0) is 22.5. The number of allylic oxidation sites excluding steroid dienone is 2. The summed E-state index contributed by atoms with van der Waals surface area (Å²) in [6.07, 6.45) is 7.12. The van der Waals surface area contributed by atoms with Crippen molar-refractivity contribution < 1.29 is 4.74 Å². The van der Waals surface area contributed by atoms with E-state index in [4.69, 9.17) is 9.72 Å². The molecule has 0 saturated heterocycles. The van der Waals surface area contributed by atoms with Crippen molar-refractivity contribution in [1.29, 1.82) is 0 Å². The first kappa shape index (κ1) is 22.2. The van der Waals surface area contributed by atoms with Crippen molar-refractivity contribution in [3.05, 3.63) is 34.3 Å². The molecule has 32 heavy (non-hydrogen) atoms. The van der Waals surface area contributed by atoms with E-state index < -0.39 is 0 Å². The molecule has 5 rings (SSSR count). The SMILES string of the molecule is CCSc1nnc2c(n1)O[C@@H]([C@H]1C[C@@H]3C(=CCCC3(C)C)C[C@@H]1C)Nc1ccc(Br)cc1-2. The number of nitrogens with zero attached hydrogens (tertiary/aromatic N) is 3. The summed E-state index contributed by atoms with van der Waals surface area (Å²) in [5, 5.41) is 13.3. The predicted octanol–water partition coefficient (Wildman–Crippen LogP) is 6.95. The average molecular weight is 516 g/mol. The van der Waals surface area contributed by atoms with Crippen LogP contribution in [0.5, 0.6) is 5.88 Å². The lowest BCUT2D eigenvalue weighted by Gasteiger charge is -2.48. The molecular formula is C25H31BrN4OS. The van der Waals surface area contributed by atoms with Gasteiger partial charge in [-0.1, -0.05) is 67.0 Å². The maximum Gasteiger partial charge on any atom is 0.247 e. The quantitative estimate of drug-likeness (QED) is 0.353. The van der Waals surface area contributed by atoms with E-state index in [9.17, 15) is 0 Å². The van der Waals surface area contributed by atoms with E-state index in [0.717, 1.165) is 34.3 Å². The number of rotatable bonds is 3. The molecule has 0 amide bonds. The molecular weight excluding hydrogens is 484 g/mol. The molecule has 3 aliphatic rings. The molecule has 170 valence electrons. The molecule has 0 bridgehead atoms. The number of hydrogen-bond acceptors (Lipinski definition) is 6. The van der Waals surface area contributed by atoms with Crippen molar-refractivity contribution >= 4 is 33.4 Å². The van der Waals surface area contributed by atoms with Gasteiger partial charge in [-0.3, -0.25) is 0 Å². The van der Waals surface area contributed by atoms with Gasteiger partial charge in [0, 0.05) is 21.6 Å². The molecule has 5 nitrogen and oxygen atoms in total. The third kappa shape index (κ3) is 4.07.